The summed E-state index contributed by atoms with van der Waals surface area (Å²) in [6, 6.07) is 19.0. The van der Waals surface area contributed by atoms with Crippen molar-refractivity contribution >= 4 is 28.5 Å². The lowest BCUT2D eigenvalue weighted by Crippen LogP contribution is -2.30. The number of H-pyrrole nitrogens is 2. The maximum atomic E-state index is 13.2. The van der Waals surface area contributed by atoms with Gasteiger partial charge in [-0.15, -0.1) is 0 Å². The van der Waals surface area contributed by atoms with Crippen LogP contribution in [0.2, 0.25) is 0 Å². The van der Waals surface area contributed by atoms with Crippen LogP contribution in [0.25, 0.3) is 11.0 Å². The number of benzene rings is 3. The van der Waals surface area contributed by atoms with Crippen LogP contribution in [0.3, 0.4) is 0 Å². The number of nitro benzene ring substituents is 1. The Labute approximate surface area is 197 Å². The van der Waals surface area contributed by atoms with Gasteiger partial charge < -0.3 is 14.7 Å². The molecule has 0 aliphatic rings. The van der Waals surface area contributed by atoms with E-state index in [2.05, 4.69) is 9.97 Å². The molecule has 0 amide bonds. The number of ketones is 1. The lowest BCUT2D eigenvalue weighted by molar-refractivity contribution is -0.385. The SMILES string of the molecule is Cc1c([N+](=O)[O-])cc2[nH]c(=O)c(=O)[nH]c2c1C(=O)OCC(=O)C(c1ccccc1)c1ccccc1. The van der Waals surface area contributed by atoms with Crippen LogP contribution in [0.15, 0.2) is 76.3 Å². The van der Waals surface area contributed by atoms with Crippen molar-refractivity contribution in [1.29, 1.82) is 0 Å². The molecule has 0 atom stereocenters. The van der Waals surface area contributed by atoms with Crippen LogP contribution < -0.4 is 11.1 Å². The van der Waals surface area contributed by atoms with Gasteiger partial charge in [-0.1, -0.05) is 60.7 Å². The second-order valence-electron chi connectivity index (χ2n) is 7.78. The monoisotopic (exact) mass is 473 g/mol. The molecule has 0 fully saturated rings. The van der Waals surface area contributed by atoms with Gasteiger partial charge in [-0.05, 0) is 18.1 Å². The highest BCUT2D eigenvalue weighted by atomic mass is 16.6. The summed E-state index contributed by atoms with van der Waals surface area (Å²) in [5.74, 6) is -2.17. The van der Waals surface area contributed by atoms with Gasteiger partial charge in [-0.2, -0.15) is 0 Å². The first-order valence-electron chi connectivity index (χ1n) is 10.5. The third kappa shape index (κ3) is 4.62. The van der Waals surface area contributed by atoms with E-state index in [9.17, 15) is 29.3 Å². The maximum Gasteiger partial charge on any atom is 0.341 e. The molecule has 10 nitrogen and oxygen atoms in total. The molecule has 0 spiro atoms. The van der Waals surface area contributed by atoms with E-state index in [1.165, 1.54) is 6.92 Å². The van der Waals surface area contributed by atoms with E-state index in [4.69, 9.17) is 4.74 Å². The van der Waals surface area contributed by atoms with Crippen LogP contribution in [-0.2, 0) is 9.53 Å². The fraction of sp³-hybridized carbons (Fsp3) is 0.120. The minimum Gasteiger partial charge on any atom is -0.454 e. The summed E-state index contributed by atoms with van der Waals surface area (Å²) in [5.41, 5.74) is -1.74. The first-order valence-corrected chi connectivity index (χ1v) is 10.5. The zero-order valence-electron chi connectivity index (χ0n) is 18.4. The molecule has 4 rings (SSSR count). The van der Waals surface area contributed by atoms with Crippen molar-refractivity contribution in [3.63, 3.8) is 0 Å². The number of carbonyl (C=O) groups excluding carboxylic acids is 2. The number of hydrogen-bond acceptors (Lipinski definition) is 7. The highest BCUT2D eigenvalue weighted by molar-refractivity contribution is 6.05. The van der Waals surface area contributed by atoms with Gasteiger partial charge in [-0.25, -0.2) is 4.79 Å². The standard InChI is InChI=1S/C25H19N3O7/c1-14-18(28(33)34)12-17-22(27-24(31)23(30)26-17)20(14)25(32)35-13-19(29)21(15-8-4-2-5-9-15)16-10-6-3-7-11-16/h2-12,21H,13H2,1H3,(H,26,30)(H,27,31). The largest absolute Gasteiger partial charge is 0.454 e. The van der Waals surface area contributed by atoms with Crippen LogP contribution in [0.5, 0.6) is 0 Å². The zero-order chi connectivity index (χ0) is 25.1. The van der Waals surface area contributed by atoms with Gasteiger partial charge in [0.05, 0.1) is 27.4 Å². The summed E-state index contributed by atoms with van der Waals surface area (Å²) < 4.78 is 5.28. The average Bonchev–Trinajstić information content (AvgIpc) is 2.85. The van der Waals surface area contributed by atoms with Crippen LogP contribution in [0.4, 0.5) is 5.69 Å². The Balaban J connectivity index is 1.70. The number of fused-ring (bicyclic) bond motifs is 1. The van der Waals surface area contributed by atoms with Crippen LogP contribution >= 0.6 is 0 Å². The lowest BCUT2D eigenvalue weighted by Gasteiger charge is -2.17. The average molecular weight is 473 g/mol. The number of aromatic amines is 2. The fourth-order valence-corrected chi connectivity index (χ4v) is 3.94. The van der Waals surface area contributed by atoms with Crippen molar-refractivity contribution in [3.05, 3.63) is 120 Å². The third-order valence-corrected chi connectivity index (χ3v) is 5.59. The first kappa shape index (κ1) is 23.3. The molecular weight excluding hydrogens is 454 g/mol. The highest BCUT2D eigenvalue weighted by Crippen LogP contribution is 2.29. The zero-order valence-corrected chi connectivity index (χ0v) is 18.4. The highest BCUT2D eigenvalue weighted by Gasteiger charge is 2.28. The maximum absolute atomic E-state index is 13.2. The summed E-state index contributed by atoms with van der Waals surface area (Å²) >= 11 is 0. The van der Waals surface area contributed by atoms with E-state index >= 15 is 0 Å². The molecule has 3 aromatic carbocycles. The molecule has 10 heteroatoms. The van der Waals surface area contributed by atoms with Gasteiger partial charge in [0.2, 0.25) is 0 Å². The van der Waals surface area contributed by atoms with E-state index < -0.39 is 46.0 Å². The van der Waals surface area contributed by atoms with E-state index in [0.29, 0.717) is 11.1 Å². The molecule has 0 aliphatic carbocycles. The molecule has 0 unspecified atom stereocenters. The summed E-state index contributed by atoms with van der Waals surface area (Å²) in [6.07, 6.45) is 0. The van der Waals surface area contributed by atoms with Crippen LogP contribution in [0, 0.1) is 17.0 Å². The molecule has 0 bridgehead atoms. The van der Waals surface area contributed by atoms with Crippen LogP contribution in [0.1, 0.15) is 33.0 Å². The van der Waals surface area contributed by atoms with E-state index in [-0.39, 0.29) is 22.2 Å². The summed E-state index contributed by atoms with van der Waals surface area (Å²) in [4.78, 5) is 65.1. The van der Waals surface area contributed by atoms with Crippen molar-refractivity contribution in [2.75, 3.05) is 6.61 Å². The van der Waals surface area contributed by atoms with E-state index in [1.54, 1.807) is 48.5 Å². The Kier molecular flexibility index (Phi) is 6.36. The molecule has 1 heterocycles. The van der Waals surface area contributed by atoms with E-state index in [1.807, 2.05) is 12.1 Å². The van der Waals surface area contributed by atoms with Crippen molar-refractivity contribution in [3.8, 4) is 0 Å². The number of rotatable bonds is 7. The minimum absolute atomic E-state index is 0.0784. The molecule has 176 valence electrons. The number of carbonyl (C=O) groups is 2. The number of aromatic nitrogens is 2. The second-order valence-corrected chi connectivity index (χ2v) is 7.78. The Hall–Kier alpha value is -4.86. The van der Waals surface area contributed by atoms with Gasteiger partial charge in [0.25, 0.3) is 5.69 Å². The van der Waals surface area contributed by atoms with Gasteiger partial charge in [0.1, 0.15) is 0 Å². The topological polar surface area (TPSA) is 152 Å². The third-order valence-electron chi connectivity index (χ3n) is 5.59. The number of Topliss-reactive ketones (excluding diaryl/α,β-unsaturated/α-hetero) is 1. The normalized spacial score (nSPS) is 10.9. The fourth-order valence-electron chi connectivity index (χ4n) is 3.94. The van der Waals surface area contributed by atoms with Crippen molar-refractivity contribution in [2.45, 2.75) is 12.8 Å². The molecule has 0 saturated heterocycles. The van der Waals surface area contributed by atoms with Crippen molar-refractivity contribution in [1.82, 2.24) is 9.97 Å². The predicted octanol–water partition coefficient (Wildman–Crippen LogP) is 2.99. The number of nitro groups is 1. The van der Waals surface area contributed by atoms with Crippen LogP contribution in [-0.4, -0.2) is 33.3 Å². The molecule has 0 radical (unpaired) electrons. The summed E-state index contributed by atoms with van der Waals surface area (Å²) in [7, 11) is 0. The molecule has 0 saturated carbocycles. The molecule has 35 heavy (non-hydrogen) atoms. The Bertz CT molecular complexity index is 1520. The smallest absolute Gasteiger partial charge is 0.341 e. The number of nitrogens with one attached hydrogen (secondary N) is 2. The first-order chi connectivity index (χ1) is 16.8. The number of esters is 1. The summed E-state index contributed by atoms with van der Waals surface area (Å²) in [5, 5.41) is 11.5. The number of ether oxygens (including phenoxy) is 1. The minimum atomic E-state index is -1.05. The van der Waals surface area contributed by atoms with Crippen molar-refractivity contribution in [2.24, 2.45) is 0 Å². The quantitative estimate of drug-likeness (QED) is 0.181. The second kappa shape index (κ2) is 9.56. The molecular formula is C25H19N3O7. The van der Waals surface area contributed by atoms with E-state index in [0.717, 1.165) is 6.07 Å². The van der Waals surface area contributed by atoms with Gasteiger partial charge in [0, 0.05) is 11.6 Å². The molecule has 2 N–H and O–H groups in total. The Morgan fingerprint density at radius 2 is 1.49 bits per heavy atom. The number of nitrogens with zero attached hydrogens (tertiary/aromatic N) is 1. The Morgan fingerprint density at radius 1 is 0.943 bits per heavy atom. The molecule has 4 aromatic rings. The molecule has 0 aliphatic heterocycles. The van der Waals surface area contributed by atoms with Crippen molar-refractivity contribution < 1.29 is 19.2 Å². The lowest BCUT2D eigenvalue weighted by atomic mass is 9.88. The predicted molar refractivity (Wildman–Crippen MR) is 127 cm³/mol. The van der Waals surface area contributed by atoms with Gasteiger partial charge >= 0.3 is 17.1 Å². The summed E-state index contributed by atoms with van der Waals surface area (Å²) in [6.45, 7) is 0.695. The van der Waals surface area contributed by atoms with Gasteiger partial charge in [-0.3, -0.25) is 24.5 Å². The number of hydrogen-bond donors (Lipinski definition) is 2. The Morgan fingerprint density at radius 3 is 2.03 bits per heavy atom. The molecule has 1 aromatic heterocycles. The van der Waals surface area contributed by atoms with Gasteiger partial charge in [0.15, 0.2) is 12.4 Å².